The van der Waals surface area contributed by atoms with Gasteiger partial charge in [0.15, 0.2) is 0 Å². The van der Waals surface area contributed by atoms with Crippen molar-refractivity contribution in [3.05, 3.63) is 33.3 Å². The molecule has 0 radical (unpaired) electrons. The van der Waals surface area contributed by atoms with E-state index in [-0.39, 0.29) is 40.6 Å². The molecule has 0 bridgehead atoms. The van der Waals surface area contributed by atoms with Gasteiger partial charge in [0.1, 0.15) is 0 Å². The van der Waals surface area contributed by atoms with Crippen LogP contribution in [-0.2, 0) is 9.59 Å². The van der Waals surface area contributed by atoms with E-state index < -0.39 is 22.3 Å². The van der Waals surface area contributed by atoms with E-state index in [4.69, 9.17) is 11.6 Å². The Balaban J connectivity index is 0.00000261. The Morgan fingerprint density at radius 2 is 2.19 bits per heavy atom. The molecule has 2 aliphatic rings. The summed E-state index contributed by atoms with van der Waals surface area (Å²) in [6, 6.07) is 3.27. The number of nitro benzene ring substituents is 1. The highest BCUT2D eigenvalue weighted by atomic mass is 35.5. The van der Waals surface area contributed by atoms with Gasteiger partial charge in [0.2, 0.25) is 5.91 Å². The number of carbonyl (C=O) groups is 2. The Morgan fingerprint density at radius 3 is 2.78 bits per heavy atom. The maximum absolute atomic E-state index is 12.6. The molecular formula is C17H21Cl2N3O5. The zero-order chi connectivity index (χ0) is 19.1. The Hall–Kier alpha value is -1.90. The highest BCUT2D eigenvalue weighted by Crippen LogP contribution is 2.49. The number of carbonyl (C=O) groups excluding carboxylic acids is 1. The third kappa shape index (κ3) is 3.88. The first kappa shape index (κ1) is 21.4. The van der Waals surface area contributed by atoms with Gasteiger partial charge >= 0.3 is 5.97 Å². The lowest BCUT2D eigenvalue weighted by Crippen LogP contribution is -2.43. The average molecular weight is 418 g/mol. The van der Waals surface area contributed by atoms with Gasteiger partial charge in [-0.2, -0.15) is 0 Å². The fraction of sp³-hybridized carbons (Fsp3) is 0.529. The van der Waals surface area contributed by atoms with Gasteiger partial charge in [0.25, 0.3) is 5.69 Å². The minimum absolute atomic E-state index is 0. The number of benzene rings is 1. The van der Waals surface area contributed by atoms with E-state index in [0.717, 1.165) is 12.8 Å². The number of nitrogens with one attached hydrogen (secondary N) is 1. The largest absolute Gasteiger partial charge is 0.481 e. The first-order valence-corrected chi connectivity index (χ1v) is 8.84. The molecular weight excluding hydrogens is 397 g/mol. The highest BCUT2D eigenvalue weighted by molar-refractivity contribution is 6.33. The van der Waals surface area contributed by atoms with Gasteiger partial charge in [-0.15, -0.1) is 12.4 Å². The number of halogens is 2. The second-order valence-electron chi connectivity index (χ2n) is 7.07. The van der Waals surface area contributed by atoms with Crippen molar-refractivity contribution in [2.75, 3.05) is 18.4 Å². The summed E-state index contributed by atoms with van der Waals surface area (Å²) in [5.41, 5.74) is -0.763. The minimum atomic E-state index is -0.795. The molecule has 1 unspecified atom stereocenters. The maximum Gasteiger partial charge on any atom is 0.311 e. The normalized spacial score (nSPS) is 25.3. The van der Waals surface area contributed by atoms with E-state index >= 15 is 0 Å². The zero-order valence-corrected chi connectivity index (χ0v) is 16.3. The topological polar surface area (TPSA) is 113 Å². The van der Waals surface area contributed by atoms with Crippen molar-refractivity contribution in [1.82, 2.24) is 4.90 Å². The molecule has 27 heavy (non-hydrogen) atoms. The molecule has 10 heteroatoms. The molecule has 1 aliphatic carbocycles. The summed E-state index contributed by atoms with van der Waals surface area (Å²) in [5, 5.41) is 23.4. The maximum atomic E-state index is 12.6. The zero-order valence-electron chi connectivity index (χ0n) is 14.7. The van der Waals surface area contributed by atoms with E-state index in [0.29, 0.717) is 19.5 Å². The molecule has 148 valence electrons. The van der Waals surface area contributed by atoms with E-state index in [1.165, 1.54) is 18.2 Å². The number of hydrogen-bond donors (Lipinski definition) is 2. The average Bonchev–Trinajstić information content (AvgIpc) is 3.14. The van der Waals surface area contributed by atoms with Crippen LogP contribution in [0.5, 0.6) is 0 Å². The molecule has 0 aromatic heterocycles. The number of fused-ring (bicyclic) bond motifs is 1. The quantitative estimate of drug-likeness (QED) is 0.561. The number of rotatable bonds is 5. The van der Waals surface area contributed by atoms with Crippen LogP contribution in [0, 0.1) is 21.4 Å². The number of carboxylic acids is 1. The number of nitro groups is 1. The van der Waals surface area contributed by atoms with E-state index in [2.05, 4.69) is 5.32 Å². The van der Waals surface area contributed by atoms with Crippen LogP contribution in [0.25, 0.3) is 0 Å². The third-order valence-corrected chi connectivity index (χ3v) is 6.00. The van der Waals surface area contributed by atoms with Crippen LogP contribution in [0.2, 0.25) is 5.02 Å². The number of aliphatic carboxylic acids is 1. The smallest absolute Gasteiger partial charge is 0.311 e. The minimum Gasteiger partial charge on any atom is -0.481 e. The Morgan fingerprint density at radius 1 is 1.48 bits per heavy atom. The molecule has 1 amide bonds. The predicted octanol–water partition coefficient (Wildman–Crippen LogP) is 3.18. The van der Waals surface area contributed by atoms with E-state index in [1.807, 2.05) is 4.90 Å². The number of non-ortho nitro benzene ring substituents is 1. The molecule has 1 aromatic rings. The lowest BCUT2D eigenvalue weighted by Gasteiger charge is -2.26. The number of hydrogen-bond acceptors (Lipinski definition) is 5. The first-order valence-electron chi connectivity index (χ1n) is 8.47. The van der Waals surface area contributed by atoms with Crippen molar-refractivity contribution in [3.63, 3.8) is 0 Å². The molecule has 8 nitrogen and oxygen atoms in total. The third-order valence-electron chi connectivity index (χ3n) is 5.67. The van der Waals surface area contributed by atoms with Crippen LogP contribution in [0.15, 0.2) is 18.2 Å². The monoisotopic (exact) mass is 417 g/mol. The van der Waals surface area contributed by atoms with Crippen LogP contribution in [0.1, 0.15) is 26.2 Å². The van der Waals surface area contributed by atoms with E-state index in [9.17, 15) is 24.8 Å². The molecule has 2 N–H and O–H groups in total. The summed E-state index contributed by atoms with van der Waals surface area (Å²) < 4.78 is 0. The van der Waals surface area contributed by atoms with Gasteiger partial charge in [-0.3, -0.25) is 24.6 Å². The molecule has 1 aromatic carbocycles. The molecule has 1 aliphatic heterocycles. The summed E-state index contributed by atoms with van der Waals surface area (Å²) >= 11 is 6.02. The summed E-state index contributed by atoms with van der Waals surface area (Å²) in [6.45, 7) is 2.60. The van der Waals surface area contributed by atoms with Gasteiger partial charge in [-0.1, -0.05) is 18.0 Å². The van der Waals surface area contributed by atoms with Crippen molar-refractivity contribution in [2.45, 2.75) is 32.2 Å². The number of nitrogens with zero attached hydrogens (tertiary/aromatic N) is 2. The Bertz CT molecular complexity index is 775. The molecule has 3 atom stereocenters. The van der Waals surface area contributed by atoms with Crippen LogP contribution < -0.4 is 5.32 Å². The lowest BCUT2D eigenvalue weighted by atomic mass is 9.81. The summed E-state index contributed by atoms with van der Waals surface area (Å²) in [6.07, 6.45) is 2.39. The first-order chi connectivity index (χ1) is 12.2. The fourth-order valence-electron chi connectivity index (χ4n) is 4.10. The van der Waals surface area contributed by atoms with Crippen molar-refractivity contribution in [2.24, 2.45) is 11.3 Å². The molecule has 1 saturated carbocycles. The van der Waals surface area contributed by atoms with Gasteiger partial charge in [0, 0.05) is 25.2 Å². The summed E-state index contributed by atoms with van der Waals surface area (Å²) in [4.78, 5) is 36.6. The lowest BCUT2D eigenvalue weighted by molar-refractivity contribution is -0.384. The van der Waals surface area contributed by atoms with Gasteiger partial charge in [-0.25, -0.2) is 0 Å². The van der Waals surface area contributed by atoms with Crippen LogP contribution >= 0.6 is 24.0 Å². The predicted molar refractivity (Wildman–Crippen MR) is 102 cm³/mol. The molecule has 1 heterocycles. The number of anilines is 1. The number of amides is 1. The van der Waals surface area contributed by atoms with Crippen LogP contribution in [0.4, 0.5) is 11.4 Å². The van der Waals surface area contributed by atoms with Crippen molar-refractivity contribution < 1.29 is 19.6 Å². The molecule has 1 saturated heterocycles. The second-order valence-corrected chi connectivity index (χ2v) is 7.47. The van der Waals surface area contributed by atoms with Crippen molar-refractivity contribution in [1.29, 1.82) is 0 Å². The SMILES string of the molecule is CC(C(=O)Nc1cc([N+](=O)[O-])ccc1Cl)N1C[C@@H]2CCC[C@@]2(C(=O)O)C1.Cl. The van der Waals surface area contributed by atoms with Crippen LogP contribution in [0.3, 0.4) is 0 Å². The van der Waals surface area contributed by atoms with E-state index in [1.54, 1.807) is 6.92 Å². The fourth-order valence-corrected chi connectivity index (χ4v) is 4.26. The van der Waals surface area contributed by atoms with Crippen LogP contribution in [-0.4, -0.2) is 45.9 Å². The Kier molecular flexibility index (Phi) is 6.34. The highest BCUT2D eigenvalue weighted by Gasteiger charge is 2.55. The molecule has 3 rings (SSSR count). The summed E-state index contributed by atoms with van der Waals surface area (Å²) in [7, 11) is 0. The summed E-state index contributed by atoms with van der Waals surface area (Å²) in [5.74, 6) is -1.11. The van der Waals surface area contributed by atoms with Crippen molar-refractivity contribution in [3.8, 4) is 0 Å². The number of likely N-dealkylation sites (tertiary alicyclic amines) is 1. The standard InChI is InChI=1S/C17H20ClN3O5.ClH/c1-10(20-8-11-3-2-6-17(11,9-20)16(23)24)15(22)19-14-7-12(21(25)26)4-5-13(14)18;/h4-5,7,10-11H,2-3,6,8-9H2,1H3,(H,19,22)(H,23,24);1H/t10?,11-,17+;/m0./s1. The molecule has 0 spiro atoms. The van der Waals surface area contributed by atoms with Gasteiger partial charge in [0.05, 0.1) is 27.1 Å². The second kappa shape index (κ2) is 8.00. The molecule has 2 fully saturated rings. The van der Waals surface area contributed by atoms with Crippen molar-refractivity contribution >= 4 is 47.3 Å². The Labute approximate surface area is 167 Å². The number of carboxylic acid groups (broad SMARTS) is 1. The van der Waals surface area contributed by atoms with Gasteiger partial charge < -0.3 is 10.4 Å². The van der Waals surface area contributed by atoms with Gasteiger partial charge in [-0.05, 0) is 31.7 Å².